The zero-order valence-electron chi connectivity index (χ0n) is 14.7. The average Bonchev–Trinajstić information content (AvgIpc) is 3.33. The summed E-state index contributed by atoms with van der Waals surface area (Å²) in [5.74, 6) is -0.436. The van der Waals surface area contributed by atoms with Crippen molar-refractivity contribution in [3.63, 3.8) is 0 Å². The molecule has 7 heteroatoms. The number of benzene rings is 1. The first kappa shape index (κ1) is 17.2. The summed E-state index contributed by atoms with van der Waals surface area (Å²) in [5, 5.41) is 28.7. The molecule has 2 atom stereocenters. The molecule has 26 heavy (non-hydrogen) atoms. The highest BCUT2D eigenvalue weighted by Gasteiger charge is 2.51. The van der Waals surface area contributed by atoms with Gasteiger partial charge in [-0.05, 0) is 30.9 Å². The lowest BCUT2D eigenvalue weighted by atomic mass is 9.73. The number of nitrogens with zero attached hydrogens (tertiary/aromatic N) is 4. The predicted octanol–water partition coefficient (Wildman–Crippen LogP) is 1.71. The fraction of sp³-hybridized carbons (Fsp3) is 0.526. The van der Waals surface area contributed by atoms with Crippen LogP contribution in [0.2, 0.25) is 0 Å². The van der Waals surface area contributed by atoms with Crippen molar-refractivity contribution >= 4 is 5.97 Å². The van der Waals surface area contributed by atoms with E-state index in [9.17, 15) is 15.0 Å². The van der Waals surface area contributed by atoms with Crippen molar-refractivity contribution in [3.8, 4) is 5.69 Å². The molecule has 1 saturated carbocycles. The van der Waals surface area contributed by atoms with E-state index < -0.39 is 17.5 Å². The second-order valence-electron chi connectivity index (χ2n) is 7.61. The highest BCUT2D eigenvalue weighted by atomic mass is 16.4. The SMILES string of the molecule is O=C(O)[C@]1(CC2CC2)CN(Cc2cn(-c3ccccc3)nn2)CC[C@@H]1O. The van der Waals surface area contributed by atoms with Crippen molar-refractivity contribution in [1.82, 2.24) is 19.9 Å². The third-order valence-corrected chi connectivity index (χ3v) is 5.59. The fourth-order valence-corrected chi connectivity index (χ4v) is 3.94. The van der Waals surface area contributed by atoms with E-state index in [1.165, 1.54) is 0 Å². The molecule has 1 aromatic carbocycles. The summed E-state index contributed by atoms with van der Waals surface area (Å²) < 4.78 is 1.72. The Labute approximate surface area is 152 Å². The Morgan fingerprint density at radius 2 is 2.00 bits per heavy atom. The van der Waals surface area contributed by atoms with Gasteiger partial charge in [0.25, 0.3) is 0 Å². The second kappa shape index (κ2) is 6.81. The van der Waals surface area contributed by atoms with Crippen LogP contribution in [-0.4, -0.2) is 55.3 Å². The summed E-state index contributed by atoms with van der Waals surface area (Å²) in [6.07, 6.45) is 4.30. The van der Waals surface area contributed by atoms with Gasteiger partial charge in [0.05, 0.1) is 23.7 Å². The van der Waals surface area contributed by atoms with Crippen LogP contribution in [-0.2, 0) is 11.3 Å². The number of aliphatic hydroxyl groups excluding tert-OH is 1. The Balaban J connectivity index is 1.48. The van der Waals surface area contributed by atoms with Gasteiger partial charge in [0.15, 0.2) is 0 Å². The van der Waals surface area contributed by atoms with Crippen LogP contribution in [0.25, 0.3) is 5.69 Å². The van der Waals surface area contributed by atoms with E-state index in [0.29, 0.717) is 38.4 Å². The lowest BCUT2D eigenvalue weighted by Crippen LogP contribution is -2.56. The Bertz CT molecular complexity index is 774. The molecule has 2 aliphatic rings. The Kier molecular flexibility index (Phi) is 4.50. The van der Waals surface area contributed by atoms with Gasteiger partial charge < -0.3 is 10.2 Å². The minimum Gasteiger partial charge on any atom is -0.481 e. The van der Waals surface area contributed by atoms with Crippen LogP contribution in [0.1, 0.15) is 31.4 Å². The Morgan fingerprint density at radius 1 is 1.23 bits per heavy atom. The molecule has 2 aromatic rings. The predicted molar refractivity (Wildman–Crippen MR) is 94.7 cm³/mol. The third kappa shape index (κ3) is 3.37. The van der Waals surface area contributed by atoms with Crippen molar-refractivity contribution in [2.75, 3.05) is 13.1 Å². The van der Waals surface area contributed by atoms with Crippen molar-refractivity contribution in [1.29, 1.82) is 0 Å². The zero-order valence-corrected chi connectivity index (χ0v) is 14.7. The number of aliphatic carboxylic acids is 1. The maximum Gasteiger partial charge on any atom is 0.313 e. The summed E-state index contributed by atoms with van der Waals surface area (Å²) >= 11 is 0. The number of carboxylic acid groups (broad SMARTS) is 1. The highest BCUT2D eigenvalue weighted by Crippen LogP contribution is 2.45. The lowest BCUT2D eigenvalue weighted by Gasteiger charge is -2.43. The summed E-state index contributed by atoms with van der Waals surface area (Å²) in [4.78, 5) is 14.1. The summed E-state index contributed by atoms with van der Waals surface area (Å²) in [7, 11) is 0. The van der Waals surface area contributed by atoms with E-state index in [4.69, 9.17) is 0 Å². The number of carbonyl (C=O) groups is 1. The molecule has 1 saturated heterocycles. The third-order valence-electron chi connectivity index (χ3n) is 5.59. The molecule has 0 unspecified atom stereocenters. The number of likely N-dealkylation sites (tertiary alicyclic amines) is 1. The van der Waals surface area contributed by atoms with E-state index in [0.717, 1.165) is 24.2 Å². The van der Waals surface area contributed by atoms with E-state index in [1.54, 1.807) is 4.68 Å². The molecule has 2 fully saturated rings. The quantitative estimate of drug-likeness (QED) is 0.819. The van der Waals surface area contributed by atoms with Crippen molar-refractivity contribution in [2.24, 2.45) is 11.3 Å². The zero-order chi connectivity index (χ0) is 18.1. The van der Waals surface area contributed by atoms with Gasteiger partial charge in [0.2, 0.25) is 0 Å². The highest BCUT2D eigenvalue weighted by molar-refractivity contribution is 5.76. The molecule has 0 spiro atoms. The van der Waals surface area contributed by atoms with E-state index in [-0.39, 0.29) is 0 Å². The van der Waals surface area contributed by atoms with Crippen LogP contribution < -0.4 is 0 Å². The molecule has 7 nitrogen and oxygen atoms in total. The first-order valence-corrected chi connectivity index (χ1v) is 9.17. The largest absolute Gasteiger partial charge is 0.481 e. The molecule has 2 N–H and O–H groups in total. The number of piperidine rings is 1. The van der Waals surface area contributed by atoms with Gasteiger partial charge >= 0.3 is 5.97 Å². The van der Waals surface area contributed by atoms with Crippen molar-refractivity contribution in [2.45, 2.75) is 38.3 Å². The average molecular weight is 356 g/mol. The number of aliphatic hydroxyl groups is 1. The van der Waals surface area contributed by atoms with Crippen LogP contribution >= 0.6 is 0 Å². The van der Waals surface area contributed by atoms with Gasteiger partial charge in [0, 0.05) is 19.6 Å². The van der Waals surface area contributed by atoms with Gasteiger partial charge in [-0.1, -0.05) is 36.3 Å². The van der Waals surface area contributed by atoms with Gasteiger partial charge in [-0.3, -0.25) is 9.69 Å². The molecular formula is C19H24N4O3. The summed E-state index contributed by atoms with van der Waals surface area (Å²) in [5.41, 5.74) is 0.680. The topological polar surface area (TPSA) is 91.5 Å². The molecule has 0 radical (unpaired) electrons. The van der Waals surface area contributed by atoms with Crippen LogP contribution in [0.3, 0.4) is 0 Å². The molecular weight excluding hydrogens is 332 g/mol. The van der Waals surface area contributed by atoms with Crippen molar-refractivity contribution < 1.29 is 15.0 Å². The van der Waals surface area contributed by atoms with Crippen LogP contribution in [0.5, 0.6) is 0 Å². The molecule has 0 amide bonds. The maximum atomic E-state index is 12.0. The van der Waals surface area contributed by atoms with Crippen molar-refractivity contribution in [3.05, 3.63) is 42.2 Å². The molecule has 1 aliphatic heterocycles. The van der Waals surface area contributed by atoms with Crippen LogP contribution in [0.15, 0.2) is 36.5 Å². The van der Waals surface area contributed by atoms with Gasteiger partial charge in [-0.15, -0.1) is 5.10 Å². The smallest absolute Gasteiger partial charge is 0.313 e. The molecule has 0 bridgehead atoms. The van der Waals surface area contributed by atoms with Gasteiger partial charge in [-0.25, -0.2) is 4.68 Å². The first-order valence-electron chi connectivity index (χ1n) is 9.17. The fourth-order valence-electron chi connectivity index (χ4n) is 3.94. The number of rotatable bonds is 6. The van der Waals surface area contributed by atoms with E-state index in [2.05, 4.69) is 15.2 Å². The molecule has 138 valence electrons. The molecule has 2 heterocycles. The normalized spacial score (nSPS) is 26.7. The summed E-state index contributed by atoms with van der Waals surface area (Å²) in [6.45, 7) is 1.57. The standard InChI is InChI=1S/C19H24N4O3/c24-17-8-9-22(13-19(17,18(25)26)10-14-6-7-14)11-15-12-23(21-20-15)16-4-2-1-3-5-16/h1-5,12,14,17,24H,6-11,13H2,(H,25,26)/t17-,19+/m0/s1. The van der Waals surface area contributed by atoms with E-state index >= 15 is 0 Å². The molecule has 4 rings (SSSR count). The Hall–Kier alpha value is -2.25. The van der Waals surface area contributed by atoms with Crippen LogP contribution in [0.4, 0.5) is 0 Å². The number of hydrogen-bond acceptors (Lipinski definition) is 5. The maximum absolute atomic E-state index is 12.0. The lowest BCUT2D eigenvalue weighted by molar-refractivity contribution is -0.165. The Morgan fingerprint density at radius 3 is 2.69 bits per heavy atom. The number of hydrogen-bond donors (Lipinski definition) is 2. The van der Waals surface area contributed by atoms with Gasteiger partial charge in [-0.2, -0.15) is 0 Å². The molecule has 1 aliphatic carbocycles. The van der Waals surface area contributed by atoms with E-state index in [1.807, 2.05) is 36.5 Å². The minimum absolute atomic E-state index is 0.359. The van der Waals surface area contributed by atoms with Gasteiger partial charge in [0.1, 0.15) is 5.41 Å². The van der Waals surface area contributed by atoms with Crippen LogP contribution in [0, 0.1) is 11.3 Å². The monoisotopic (exact) mass is 356 g/mol. The second-order valence-corrected chi connectivity index (χ2v) is 7.61. The number of aromatic nitrogens is 3. The minimum atomic E-state index is -1.06. The molecule has 1 aromatic heterocycles. The number of carboxylic acids is 1. The number of para-hydroxylation sites is 1. The summed E-state index contributed by atoms with van der Waals surface area (Å²) in [6, 6.07) is 9.76. The first-order chi connectivity index (χ1) is 12.6.